The molecular formula is C23H24N4O2. The van der Waals surface area contributed by atoms with Gasteiger partial charge in [0, 0.05) is 23.4 Å². The van der Waals surface area contributed by atoms with Crippen LogP contribution in [0.3, 0.4) is 0 Å². The lowest BCUT2D eigenvalue weighted by atomic mass is 9.85. The van der Waals surface area contributed by atoms with Gasteiger partial charge < -0.3 is 15.2 Å². The Labute approximate surface area is 170 Å². The summed E-state index contributed by atoms with van der Waals surface area (Å²) in [4.78, 5) is 0. The predicted octanol–water partition coefficient (Wildman–Crippen LogP) is 3.87. The average molecular weight is 388 g/mol. The molecule has 0 radical (unpaired) electrons. The topological polar surface area (TPSA) is 94.0 Å². The van der Waals surface area contributed by atoms with Gasteiger partial charge in [0.15, 0.2) is 0 Å². The molecule has 0 fully saturated rings. The van der Waals surface area contributed by atoms with Crippen LogP contribution in [0.25, 0.3) is 0 Å². The molecule has 0 saturated carbocycles. The maximum Gasteiger partial charge on any atom is 0.132 e. The number of aromatic amines is 1. The van der Waals surface area contributed by atoms with E-state index in [0.29, 0.717) is 17.7 Å². The van der Waals surface area contributed by atoms with Crippen LogP contribution < -0.4 is 10.1 Å². The van der Waals surface area contributed by atoms with Crippen LogP contribution in [0.2, 0.25) is 0 Å². The number of benzene rings is 2. The van der Waals surface area contributed by atoms with E-state index in [-0.39, 0.29) is 0 Å². The van der Waals surface area contributed by atoms with Crippen molar-refractivity contribution in [2.45, 2.75) is 44.9 Å². The van der Waals surface area contributed by atoms with Gasteiger partial charge in [0.05, 0.1) is 23.4 Å². The molecule has 1 aliphatic rings. The number of para-hydroxylation sites is 1. The van der Waals surface area contributed by atoms with Crippen molar-refractivity contribution in [3.8, 4) is 11.8 Å². The van der Waals surface area contributed by atoms with E-state index in [0.717, 1.165) is 28.2 Å². The maximum atomic E-state index is 11.1. The summed E-state index contributed by atoms with van der Waals surface area (Å²) in [7, 11) is 0. The molecule has 3 N–H and O–H groups in total. The normalized spacial score (nSPS) is 19.7. The van der Waals surface area contributed by atoms with Gasteiger partial charge in [0.1, 0.15) is 17.5 Å². The summed E-state index contributed by atoms with van der Waals surface area (Å²) < 4.78 is 6.01. The number of nitriles is 1. The Morgan fingerprint density at radius 2 is 2.03 bits per heavy atom. The minimum absolute atomic E-state index is 0.413. The van der Waals surface area contributed by atoms with Gasteiger partial charge >= 0.3 is 0 Å². The van der Waals surface area contributed by atoms with Crippen molar-refractivity contribution in [2.24, 2.45) is 0 Å². The van der Waals surface area contributed by atoms with Gasteiger partial charge in [-0.05, 0) is 56.7 Å². The lowest BCUT2D eigenvalue weighted by Gasteiger charge is -2.43. The fraction of sp³-hybridized carbons (Fsp3) is 0.304. The maximum absolute atomic E-state index is 11.1. The SMILES string of the molecule is Cc1cc(Cc2ccccc2N[C@H]2c3cc(C#N)ccc3OC(C)(C)[C@@H]2O)n[nH]1. The number of nitrogens with zero attached hydrogens (tertiary/aromatic N) is 2. The number of rotatable bonds is 4. The number of aryl methyl sites for hydroxylation is 1. The third-order valence-electron chi connectivity index (χ3n) is 5.33. The van der Waals surface area contributed by atoms with Crippen LogP contribution in [0, 0.1) is 18.3 Å². The minimum Gasteiger partial charge on any atom is -0.485 e. The van der Waals surface area contributed by atoms with E-state index in [1.807, 2.05) is 45.0 Å². The first kappa shape index (κ1) is 19.0. The second-order valence-electron chi connectivity index (χ2n) is 8.01. The summed E-state index contributed by atoms with van der Waals surface area (Å²) in [6, 6.07) is 17.1. The van der Waals surface area contributed by atoms with E-state index in [4.69, 9.17) is 4.74 Å². The zero-order valence-corrected chi connectivity index (χ0v) is 16.7. The molecule has 6 heteroatoms. The van der Waals surface area contributed by atoms with Crippen LogP contribution in [-0.2, 0) is 6.42 Å². The second kappa shape index (κ2) is 7.26. The third kappa shape index (κ3) is 3.69. The number of hydrogen-bond donors (Lipinski definition) is 3. The van der Waals surface area contributed by atoms with Gasteiger partial charge in [-0.25, -0.2) is 0 Å². The Kier molecular flexibility index (Phi) is 4.77. The number of nitrogens with one attached hydrogen (secondary N) is 2. The largest absolute Gasteiger partial charge is 0.485 e. The molecule has 2 atom stereocenters. The summed E-state index contributed by atoms with van der Waals surface area (Å²) in [5.41, 5.74) is 4.51. The van der Waals surface area contributed by atoms with Gasteiger partial charge in [-0.1, -0.05) is 18.2 Å². The first-order chi connectivity index (χ1) is 13.9. The van der Waals surface area contributed by atoms with Crippen LogP contribution in [0.1, 0.15) is 48.0 Å². The number of anilines is 1. The average Bonchev–Trinajstić information content (AvgIpc) is 3.11. The van der Waals surface area contributed by atoms with Crippen LogP contribution in [0.15, 0.2) is 48.5 Å². The van der Waals surface area contributed by atoms with Crippen LogP contribution in [0.4, 0.5) is 5.69 Å². The molecule has 1 aromatic heterocycles. The minimum atomic E-state index is -0.801. The summed E-state index contributed by atoms with van der Waals surface area (Å²) in [5, 5.41) is 31.2. The predicted molar refractivity (Wildman–Crippen MR) is 111 cm³/mol. The summed E-state index contributed by atoms with van der Waals surface area (Å²) in [6.45, 7) is 5.71. The van der Waals surface area contributed by atoms with Crippen molar-refractivity contribution < 1.29 is 9.84 Å². The lowest BCUT2D eigenvalue weighted by molar-refractivity contribution is -0.0532. The van der Waals surface area contributed by atoms with E-state index in [1.165, 1.54) is 0 Å². The highest BCUT2D eigenvalue weighted by Gasteiger charge is 2.43. The Morgan fingerprint density at radius 3 is 2.76 bits per heavy atom. The second-order valence-corrected chi connectivity index (χ2v) is 8.01. The highest BCUT2D eigenvalue weighted by molar-refractivity contribution is 5.57. The molecule has 1 aliphatic heterocycles. The Morgan fingerprint density at radius 1 is 1.24 bits per heavy atom. The van der Waals surface area contributed by atoms with E-state index in [1.54, 1.807) is 18.2 Å². The fourth-order valence-corrected chi connectivity index (χ4v) is 3.77. The van der Waals surface area contributed by atoms with Gasteiger partial charge in [-0.15, -0.1) is 0 Å². The van der Waals surface area contributed by atoms with Gasteiger partial charge in [-0.2, -0.15) is 10.4 Å². The molecule has 29 heavy (non-hydrogen) atoms. The molecule has 6 nitrogen and oxygen atoms in total. The van der Waals surface area contributed by atoms with Crippen LogP contribution >= 0.6 is 0 Å². The molecule has 0 bridgehead atoms. The molecule has 0 saturated heterocycles. The van der Waals surface area contributed by atoms with Crippen molar-refractivity contribution >= 4 is 5.69 Å². The number of fused-ring (bicyclic) bond motifs is 1. The van der Waals surface area contributed by atoms with E-state index in [9.17, 15) is 10.4 Å². The molecule has 2 aromatic carbocycles. The van der Waals surface area contributed by atoms with Gasteiger partial charge in [0.2, 0.25) is 0 Å². The number of ether oxygens (including phenoxy) is 1. The number of aromatic nitrogens is 2. The molecule has 3 aromatic rings. The van der Waals surface area contributed by atoms with Gasteiger partial charge in [0.25, 0.3) is 0 Å². The molecule has 0 unspecified atom stereocenters. The smallest absolute Gasteiger partial charge is 0.132 e. The molecule has 0 aliphatic carbocycles. The molecule has 148 valence electrons. The highest BCUT2D eigenvalue weighted by atomic mass is 16.5. The Balaban J connectivity index is 1.71. The standard InChI is InChI=1S/C23H24N4O2/c1-14-10-17(27-26-14)12-16-6-4-5-7-19(16)25-21-18-11-15(13-24)8-9-20(18)29-23(2,3)22(21)28/h4-11,21-22,25,28H,12H2,1-3H3,(H,26,27)/t21-,22+/m0/s1. The number of H-pyrrole nitrogens is 1. The quantitative estimate of drug-likeness (QED) is 0.631. The third-order valence-corrected chi connectivity index (χ3v) is 5.33. The van der Waals surface area contributed by atoms with Gasteiger partial charge in [-0.3, -0.25) is 5.10 Å². The van der Waals surface area contributed by atoms with Crippen molar-refractivity contribution in [1.29, 1.82) is 5.26 Å². The molecule has 4 rings (SSSR count). The zero-order chi connectivity index (χ0) is 20.6. The first-order valence-corrected chi connectivity index (χ1v) is 9.64. The number of aliphatic hydroxyl groups excluding tert-OH is 1. The molecule has 0 amide bonds. The van der Waals surface area contributed by atoms with Crippen LogP contribution in [0.5, 0.6) is 5.75 Å². The number of hydrogen-bond acceptors (Lipinski definition) is 5. The first-order valence-electron chi connectivity index (χ1n) is 9.64. The monoisotopic (exact) mass is 388 g/mol. The zero-order valence-electron chi connectivity index (χ0n) is 16.7. The van der Waals surface area contributed by atoms with Crippen LogP contribution in [-0.4, -0.2) is 27.0 Å². The van der Waals surface area contributed by atoms with E-state index in [2.05, 4.69) is 27.6 Å². The summed E-state index contributed by atoms with van der Waals surface area (Å²) in [6.07, 6.45) is -0.133. The molecule has 2 heterocycles. The van der Waals surface area contributed by atoms with Crippen molar-refractivity contribution in [3.63, 3.8) is 0 Å². The molecular weight excluding hydrogens is 364 g/mol. The Bertz CT molecular complexity index is 1080. The highest BCUT2D eigenvalue weighted by Crippen LogP contribution is 2.42. The van der Waals surface area contributed by atoms with E-state index < -0.39 is 17.7 Å². The summed E-state index contributed by atoms with van der Waals surface area (Å²) in [5.74, 6) is 0.678. The van der Waals surface area contributed by atoms with E-state index >= 15 is 0 Å². The summed E-state index contributed by atoms with van der Waals surface area (Å²) >= 11 is 0. The fourth-order valence-electron chi connectivity index (χ4n) is 3.77. The lowest BCUT2D eigenvalue weighted by Crippen LogP contribution is -2.50. The van der Waals surface area contributed by atoms with Crippen molar-refractivity contribution in [3.05, 3.63) is 76.6 Å². The van der Waals surface area contributed by atoms with Crippen molar-refractivity contribution in [1.82, 2.24) is 10.2 Å². The van der Waals surface area contributed by atoms with Crippen molar-refractivity contribution in [2.75, 3.05) is 5.32 Å². The molecule has 0 spiro atoms. The number of aliphatic hydroxyl groups is 1. The Hall–Kier alpha value is -3.30.